The number of anilines is 1. The molecule has 7 heteroatoms. The van der Waals surface area contributed by atoms with Crippen LogP contribution in [0.15, 0.2) is 77.8 Å². The number of aryl methyl sites for hydroxylation is 2. The first-order valence-corrected chi connectivity index (χ1v) is 11.5. The molecule has 0 atom stereocenters. The summed E-state index contributed by atoms with van der Waals surface area (Å²) >= 11 is 0. The van der Waals surface area contributed by atoms with Crippen molar-refractivity contribution in [3.63, 3.8) is 0 Å². The van der Waals surface area contributed by atoms with Crippen molar-refractivity contribution < 1.29 is 8.42 Å². The minimum Gasteiger partial charge on any atom is -0.285 e. The molecule has 0 saturated carbocycles. The number of hydrogen-bond donors (Lipinski definition) is 0. The lowest BCUT2D eigenvalue weighted by Crippen LogP contribution is -2.31. The SMILES string of the molecule is CCc1ccc(N(Cc2ccccc2)S(=O)(=O)c2cccn3c(CC)nnc23)cc1. The Bertz CT molecular complexity index is 1250. The number of aromatic nitrogens is 3. The van der Waals surface area contributed by atoms with E-state index in [1.807, 2.05) is 61.5 Å². The molecule has 0 fully saturated rings. The first-order valence-electron chi connectivity index (χ1n) is 10.0. The minimum atomic E-state index is -3.88. The van der Waals surface area contributed by atoms with Gasteiger partial charge in [0.1, 0.15) is 10.7 Å². The Labute approximate surface area is 176 Å². The lowest BCUT2D eigenvalue weighted by atomic mass is 10.1. The van der Waals surface area contributed by atoms with Crippen molar-refractivity contribution in [2.75, 3.05) is 4.31 Å². The fraction of sp³-hybridized carbons (Fsp3) is 0.217. The molecular weight excluding hydrogens is 396 g/mol. The summed E-state index contributed by atoms with van der Waals surface area (Å²) in [5, 5.41) is 8.33. The van der Waals surface area contributed by atoms with Gasteiger partial charge < -0.3 is 0 Å². The van der Waals surface area contributed by atoms with Gasteiger partial charge in [-0.05, 0) is 41.8 Å². The van der Waals surface area contributed by atoms with Gasteiger partial charge in [0, 0.05) is 12.6 Å². The van der Waals surface area contributed by atoms with Crippen molar-refractivity contribution in [3.05, 3.63) is 89.9 Å². The van der Waals surface area contributed by atoms with Gasteiger partial charge in [-0.3, -0.25) is 8.71 Å². The number of hydrogen-bond acceptors (Lipinski definition) is 4. The molecule has 0 unspecified atom stereocenters. The van der Waals surface area contributed by atoms with Gasteiger partial charge in [0.25, 0.3) is 10.0 Å². The van der Waals surface area contributed by atoms with Gasteiger partial charge >= 0.3 is 0 Å². The average molecular weight is 421 g/mol. The van der Waals surface area contributed by atoms with Crippen LogP contribution in [-0.2, 0) is 29.4 Å². The molecule has 154 valence electrons. The van der Waals surface area contributed by atoms with Crippen LogP contribution >= 0.6 is 0 Å². The lowest BCUT2D eigenvalue weighted by molar-refractivity contribution is 0.590. The Balaban J connectivity index is 1.85. The van der Waals surface area contributed by atoms with Crippen LogP contribution in [0.3, 0.4) is 0 Å². The van der Waals surface area contributed by atoms with Gasteiger partial charge in [-0.2, -0.15) is 0 Å². The monoisotopic (exact) mass is 420 g/mol. The quantitative estimate of drug-likeness (QED) is 0.448. The summed E-state index contributed by atoms with van der Waals surface area (Å²) < 4.78 is 30.9. The van der Waals surface area contributed by atoms with E-state index in [1.165, 1.54) is 4.31 Å². The number of rotatable bonds is 7. The van der Waals surface area contributed by atoms with Crippen molar-refractivity contribution >= 4 is 21.4 Å². The molecular formula is C23H24N4O2S. The van der Waals surface area contributed by atoms with Crippen molar-refractivity contribution in [2.24, 2.45) is 0 Å². The molecule has 0 spiro atoms. The molecule has 0 aliphatic heterocycles. The maximum atomic E-state index is 13.8. The molecule has 4 rings (SSSR count). The van der Waals surface area contributed by atoms with E-state index in [4.69, 9.17) is 0 Å². The predicted octanol–water partition coefficient (Wildman–Crippen LogP) is 4.25. The summed E-state index contributed by atoms with van der Waals surface area (Å²) in [6.45, 7) is 4.27. The third-order valence-electron chi connectivity index (χ3n) is 5.16. The molecule has 30 heavy (non-hydrogen) atoms. The van der Waals surface area contributed by atoms with Crippen molar-refractivity contribution in [2.45, 2.75) is 38.1 Å². The zero-order valence-corrected chi connectivity index (χ0v) is 17.9. The van der Waals surface area contributed by atoms with Gasteiger partial charge in [0.2, 0.25) is 0 Å². The highest BCUT2D eigenvalue weighted by Crippen LogP contribution is 2.28. The maximum Gasteiger partial charge on any atom is 0.268 e. The fourth-order valence-corrected chi connectivity index (χ4v) is 5.04. The lowest BCUT2D eigenvalue weighted by Gasteiger charge is -2.25. The average Bonchev–Trinajstić information content (AvgIpc) is 3.21. The van der Waals surface area contributed by atoms with Crippen LogP contribution in [0.25, 0.3) is 5.65 Å². The molecule has 0 radical (unpaired) electrons. The summed E-state index contributed by atoms with van der Waals surface area (Å²) in [5.41, 5.74) is 3.03. The second-order valence-corrected chi connectivity index (χ2v) is 8.88. The Hall–Kier alpha value is -3.19. The molecule has 2 aromatic carbocycles. The first-order chi connectivity index (χ1) is 14.5. The van der Waals surface area contributed by atoms with Gasteiger partial charge in [-0.15, -0.1) is 10.2 Å². The second kappa shape index (κ2) is 8.28. The van der Waals surface area contributed by atoms with Crippen LogP contribution in [0.1, 0.15) is 30.8 Å². The van der Waals surface area contributed by atoms with Gasteiger partial charge in [-0.1, -0.05) is 56.3 Å². The molecule has 0 amide bonds. The van der Waals surface area contributed by atoms with E-state index in [2.05, 4.69) is 17.1 Å². The summed E-state index contributed by atoms with van der Waals surface area (Å²) in [7, 11) is -3.88. The number of sulfonamides is 1. The summed E-state index contributed by atoms with van der Waals surface area (Å²) in [4.78, 5) is 0.146. The molecule has 2 heterocycles. The number of benzene rings is 2. The third kappa shape index (κ3) is 3.68. The summed E-state index contributed by atoms with van der Waals surface area (Å²) in [5.74, 6) is 0.726. The molecule has 2 aromatic heterocycles. The zero-order valence-electron chi connectivity index (χ0n) is 17.1. The van der Waals surface area contributed by atoms with Crippen LogP contribution in [-0.4, -0.2) is 23.0 Å². The molecule has 0 N–H and O–H groups in total. The van der Waals surface area contributed by atoms with E-state index in [9.17, 15) is 8.42 Å². The Morgan fingerprint density at radius 1 is 0.833 bits per heavy atom. The smallest absolute Gasteiger partial charge is 0.268 e. The van der Waals surface area contributed by atoms with Crippen LogP contribution < -0.4 is 4.31 Å². The molecule has 4 aromatic rings. The molecule has 0 bridgehead atoms. The van der Waals surface area contributed by atoms with E-state index < -0.39 is 10.0 Å². The highest BCUT2D eigenvalue weighted by Gasteiger charge is 2.29. The number of pyridine rings is 1. The Morgan fingerprint density at radius 3 is 2.23 bits per heavy atom. The second-order valence-electron chi connectivity index (χ2n) is 7.05. The maximum absolute atomic E-state index is 13.8. The first kappa shape index (κ1) is 20.1. The standard InChI is InChI=1S/C23H24N4O2S/c1-3-18-12-14-20(15-13-18)27(17-19-9-6-5-7-10-19)30(28,29)21-11-8-16-26-22(4-2)24-25-23(21)26/h5-16H,3-4,17H2,1-2H3. The van der Waals surface area contributed by atoms with Crippen LogP contribution in [0, 0.1) is 0 Å². The molecule has 0 aliphatic carbocycles. The molecule has 0 aliphatic rings. The highest BCUT2D eigenvalue weighted by atomic mass is 32.2. The summed E-state index contributed by atoms with van der Waals surface area (Å²) in [6, 6.07) is 20.6. The number of fused-ring (bicyclic) bond motifs is 1. The topological polar surface area (TPSA) is 67.6 Å². The minimum absolute atomic E-state index is 0.146. The Kier molecular flexibility index (Phi) is 5.55. The van der Waals surface area contributed by atoms with Gasteiger partial charge in [-0.25, -0.2) is 8.42 Å². The molecule has 6 nitrogen and oxygen atoms in total. The molecule has 0 saturated heterocycles. The normalized spacial score (nSPS) is 11.7. The largest absolute Gasteiger partial charge is 0.285 e. The zero-order chi connectivity index (χ0) is 21.1. The van der Waals surface area contributed by atoms with Crippen molar-refractivity contribution in [3.8, 4) is 0 Å². The van der Waals surface area contributed by atoms with Crippen molar-refractivity contribution in [1.82, 2.24) is 14.6 Å². The van der Waals surface area contributed by atoms with E-state index in [1.54, 1.807) is 22.7 Å². The van der Waals surface area contributed by atoms with E-state index in [0.717, 1.165) is 23.4 Å². The van der Waals surface area contributed by atoms with Gasteiger partial charge in [0.15, 0.2) is 5.65 Å². The summed E-state index contributed by atoms with van der Waals surface area (Å²) in [6.07, 6.45) is 3.35. The van der Waals surface area contributed by atoms with Gasteiger partial charge in [0.05, 0.1) is 12.2 Å². The van der Waals surface area contributed by atoms with Crippen LogP contribution in [0.5, 0.6) is 0 Å². The number of nitrogens with zero attached hydrogens (tertiary/aromatic N) is 4. The van der Waals surface area contributed by atoms with E-state index in [-0.39, 0.29) is 11.4 Å². The van der Waals surface area contributed by atoms with E-state index in [0.29, 0.717) is 17.8 Å². The highest BCUT2D eigenvalue weighted by molar-refractivity contribution is 7.93. The predicted molar refractivity (Wildman–Crippen MR) is 118 cm³/mol. The fourth-order valence-electron chi connectivity index (χ4n) is 3.46. The third-order valence-corrected chi connectivity index (χ3v) is 6.95. The van der Waals surface area contributed by atoms with Crippen LogP contribution in [0.4, 0.5) is 5.69 Å². The Morgan fingerprint density at radius 2 is 1.57 bits per heavy atom. The van der Waals surface area contributed by atoms with E-state index >= 15 is 0 Å². The van der Waals surface area contributed by atoms with Crippen LogP contribution in [0.2, 0.25) is 0 Å². The van der Waals surface area contributed by atoms with Crippen molar-refractivity contribution in [1.29, 1.82) is 0 Å².